The largest absolute Gasteiger partial charge is 0.496 e. The van der Waals surface area contributed by atoms with Gasteiger partial charge in [0, 0.05) is 18.7 Å². The zero-order valence-electron chi connectivity index (χ0n) is 13.8. The number of methoxy groups -OCH3 is 1. The van der Waals surface area contributed by atoms with Crippen molar-refractivity contribution >= 4 is 5.96 Å². The summed E-state index contributed by atoms with van der Waals surface area (Å²) in [6.45, 7) is 6.51. The van der Waals surface area contributed by atoms with E-state index in [1.165, 1.54) is 0 Å². The minimum atomic E-state index is 0.175. The minimum absolute atomic E-state index is 0.175. The molecule has 5 nitrogen and oxygen atoms in total. The summed E-state index contributed by atoms with van der Waals surface area (Å²) in [6, 6.07) is 8.28. The molecule has 118 valence electrons. The van der Waals surface area contributed by atoms with E-state index in [0.29, 0.717) is 6.54 Å². The Kier molecular flexibility index (Phi) is 7.61. The summed E-state index contributed by atoms with van der Waals surface area (Å²) in [5.41, 5.74) is 1.15. The molecule has 0 saturated heterocycles. The lowest BCUT2D eigenvalue weighted by atomic mass is 10.0. The topological polar surface area (TPSA) is 48.9 Å². The summed E-state index contributed by atoms with van der Waals surface area (Å²) < 4.78 is 5.47. The molecule has 0 radical (unpaired) electrons. The van der Waals surface area contributed by atoms with E-state index >= 15 is 0 Å². The molecule has 5 heteroatoms. The maximum atomic E-state index is 5.47. The number of rotatable bonds is 7. The molecule has 0 bridgehead atoms. The first kappa shape index (κ1) is 17.3. The van der Waals surface area contributed by atoms with Crippen molar-refractivity contribution < 1.29 is 4.74 Å². The highest BCUT2D eigenvalue weighted by Crippen LogP contribution is 2.27. The highest BCUT2D eigenvalue weighted by Gasteiger charge is 2.17. The number of hydrogen-bond donors (Lipinski definition) is 2. The Bertz CT molecular complexity index is 438. The molecule has 2 N–H and O–H groups in total. The standard InChI is InChI=1S/C16H28N4O/c1-6-17-16(18-7-2)19-12-14(20(3)4)13-10-8-9-11-15(13)21-5/h8-11,14H,6-7,12H2,1-5H3,(H2,17,18,19). The Morgan fingerprint density at radius 3 is 2.33 bits per heavy atom. The molecule has 21 heavy (non-hydrogen) atoms. The minimum Gasteiger partial charge on any atom is -0.496 e. The molecule has 0 aliphatic rings. The number of nitrogens with zero attached hydrogens (tertiary/aromatic N) is 2. The predicted molar refractivity (Wildman–Crippen MR) is 89.1 cm³/mol. The van der Waals surface area contributed by atoms with Crippen molar-refractivity contribution in [1.82, 2.24) is 15.5 Å². The number of likely N-dealkylation sites (N-methyl/N-ethyl adjacent to an activating group) is 1. The fourth-order valence-electron chi connectivity index (χ4n) is 2.17. The van der Waals surface area contributed by atoms with Crippen LogP contribution in [0.25, 0.3) is 0 Å². The summed E-state index contributed by atoms with van der Waals surface area (Å²) in [4.78, 5) is 6.84. The van der Waals surface area contributed by atoms with Gasteiger partial charge in [0.05, 0.1) is 19.7 Å². The van der Waals surface area contributed by atoms with Gasteiger partial charge >= 0.3 is 0 Å². The number of para-hydroxylation sites is 1. The quantitative estimate of drug-likeness (QED) is 0.595. The van der Waals surface area contributed by atoms with Crippen molar-refractivity contribution in [3.05, 3.63) is 29.8 Å². The summed E-state index contributed by atoms with van der Waals surface area (Å²) in [6.07, 6.45) is 0. The summed E-state index contributed by atoms with van der Waals surface area (Å²) in [5, 5.41) is 6.49. The van der Waals surface area contributed by atoms with Gasteiger partial charge in [0.15, 0.2) is 5.96 Å². The van der Waals surface area contributed by atoms with Gasteiger partial charge in [-0.1, -0.05) is 18.2 Å². The zero-order valence-corrected chi connectivity index (χ0v) is 13.8. The maximum absolute atomic E-state index is 5.47. The maximum Gasteiger partial charge on any atom is 0.191 e. The lowest BCUT2D eigenvalue weighted by molar-refractivity contribution is 0.295. The summed E-state index contributed by atoms with van der Waals surface area (Å²) >= 11 is 0. The Morgan fingerprint density at radius 1 is 1.19 bits per heavy atom. The lowest BCUT2D eigenvalue weighted by Crippen LogP contribution is -2.37. The van der Waals surface area contributed by atoms with Gasteiger partial charge in [-0.3, -0.25) is 4.99 Å². The monoisotopic (exact) mass is 292 g/mol. The van der Waals surface area contributed by atoms with Crippen molar-refractivity contribution in [2.24, 2.45) is 4.99 Å². The zero-order chi connectivity index (χ0) is 15.7. The Morgan fingerprint density at radius 2 is 1.81 bits per heavy atom. The fourth-order valence-corrected chi connectivity index (χ4v) is 2.17. The number of aliphatic imine (C=N–C) groups is 1. The summed E-state index contributed by atoms with van der Waals surface area (Å²) in [7, 11) is 5.83. The van der Waals surface area contributed by atoms with Crippen LogP contribution >= 0.6 is 0 Å². The van der Waals surface area contributed by atoms with Crippen LogP contribution in [0.3, 0.4) is 0 Å². The van der Waals surface area contributed by atoms with Gasteiger partial charge in [-0.25, -0.2) is 0 Å². The number of hydrogen-bond acceptors (Lipinski definition) is 3. The van der Waals surface area contributed by atoms with Gasteiger partial charge in [0.25, 0.3) is 0 Å². The first-order chi connectivity index (χ1) is 10.1. The molecular weight excluding hydrogens is 264 g/mol. The Labute approximate surface area is 128 Å². The Balaban J connectivity index is 2.94. The second-order valence-corrected chi connectivity index (χ2v) is 4.97. The molecular formula is C16H28N4O. The van der Waals surface area contributed by atoms with E-state index in [-0.39, 0.29) is 6.04 Å². The average molecular weight is 292 g/mol. The number of guanidine groups is 1. The summed E-state index contributed by atoms with van der Waals surface area (Å²) in [5.74, 6) is 1.75. The molecule has 1 unspecified atom stereocenters. The molecule has 0 aliphatic heterocycles. The second kappa shape index (κ2) is 9.23. The molecule has 0 spiro atoms. The Hall–Kier alpha value is -1.75. The third-order valence-corrected chi connectivity index (χ3v) is 3.23. The van der Waals surface area contributed by atoms with Crippen LogP contribution in [0.4, 0.5) is 0 Å². The molecule has 0 aromatic heterocycles. The van der Waals surface area contributed by atoms with Crippen LogP contribution in [0.2, 0.25) is 0 Å². The number of ether oxygens (including phenoxy) is 1. The molecule has 0 saturated carbocycles. The smallest absolute Gasteiger partial charge is 0.191 e. The molecule has 0 aliphatic carbocycles. The van der Waals surface area contributed by atoms with Crippen molar-refractivity contribution in [1.29, 1.82) is 0 Å². The second-order valence-electron chi connectivity index (χ2n) is 4.97. The van der Waals surface area contributed by atoms with Crippen LogP contribution in [0, 0.1) is 0 Å². The molecule has 0 amide bonds. The van der Waals surface area contributed by atoms with Crippen LogP contribution in [0.15, 0.2) is 29.3 Å². The fraction of sp³-hybridized carbons (Fsp3) is 0.562. The third-order valence-electron chi connectivity index (χ3n) is 3.23. The van der Waals surface area contributed by atoms with Crippen LogP contribution < -0.4 is 15.4 Å². The van der Waals surface area contributed by atoms with E-state index < -0.39 is 0 Å². The van der Waals surface area contributed by atoms with E-state index in [9.17, 15) is 0 Å². The third kappa shape index (κ3) is 5.27. The lowest BCUT2D eigenvalue weighted by Gasteiger charge is -2.25. The molecule has 1 rings (SSSR count). The normalized spacial score (nSPS) is 11.9. The number of nitrogens with one attached hydrogen (secondary N) is 2. The van der Waals surface area contributed by atoms with Gasteiger partial charge in [0.2, 0.25) is 0 Å². The molecule has 1 atom stereocenters. The highest BCUT2D eigenvalue weighted by atomic mass is 16.5. The van der Waals surface area contributed by atoms with Gasteiger partial charge in [-0.2, -0.15) is 0 Å². The molecule has 1 aromatic carbocycles. The van der Waals surface area contributed by atoms with E-state index in [0.717, 1.165) is 30.4 Å². The van der Waals surface area contributed by atoms with Crippen molar-refractivity contribution in [2.75, 3.05) is 40.8 Å². The van der Waals surface area contributed by atoms with Gasteiger partial charge < -0.3 is 20.3 Å². The van der Waals surface area contributed by atoms with Crippen molar-refractivity contribution in [3.63, 3.8) is 0 Å². The van der Waals surface area contributed by atoms with Crippen LogP contribution in [0.5, 0.6) is 5.75 Å². The van der Waals surface area contributed by atoms with Gasteiger partial charge in [-0.05, 0) is 34.0 Å². The van der Waals surface area contributed by atoms with E-state index in [2.05, 4.69) is 54.5 Å². The predicted octanol–water partition coefficient (Wildman–Crippen LogP) is 1.87. The van der Waals surface area contributed by atoms with Crippen LogP contribution in [0.1, 0.15) is 25.5 Å². The van der Waals surface area contributed by atoms with Gasteiger partial charge in [0.1, 0.15) is 5.75 Å². The van der Waals surface area contributed by atoms with Gasteiger partial charge in [-0.15, -0.1) is 0 Å². The van der Waals surface area contributed by atoms with Crippen LogP contribution in [-0.2, 0) is 0 Å². The van der Waals surface area contributed by atoms with Crippen molar-refractivity contribution in [3.8, 4) is 5.75 Å². The molecule has 1 aromatic rings. The van der Waals surface area contributed by atoms with Crippen LogP contribution in [-0.4, -0.2) is 51.7 Å². The molecule has 0 fully saturated rings. The number of benzene rings is 1. The van der Waals surface area contributed by atoms with E-state index in [1.54, 1.807) is 7.11 Å². The first-order valence-corrected chi connectivity index (χ1v) is 7.45. The van der Waals surface area contributed by atoms with Crippen molar-refractivity contribution in [2.45, 2.75) is 19.9 Å². The molecule has 0 heterocycles. The highest BCUT2D eigenvalue weighted by molar-refractivity contribution is 5.79. The SMILES string of the molecule is CCNC(=NCC(c1ccccc1OC)N(C)C)NCC. The average Bonchev–Trinajstić information content (AvgIpc) is 2.48. The van der Waals surface area contributed by atoms with E-state index in [4.69, 9.17) is 4.74 Å². The first-order valence-electron chi connectivity index (χ1n) is 7.45. The van der Waals surface area contributed by atoms with E-state index in [1.807, 2.05) is 18.2 Å².